The minimum atomic E-state index is -0.827. The number of benzene rings is 1. The molecule has 1 aliphatic carbocycles. The molecule has 4 heteroatoms. The van der Waals surface area contributed by atoms with Crippen molar-refractivity contribution in [3.05, 3.63) is 29.7 Å². The molecule has 0 amide bonds. The molecule has 0 radical (unpaired) electrons. The smallest absolute Gasteiger partial charge is 0.307 e. The second kappa shape index (κ2) is 3.87. The van der Waals surface area contributed by atoms with Crippen LogP contribution in [0.4, 0.5) is 0 Å². The first-order chi connectivity index (χ1) is 8.22. The lowest BCUT2D eigenvalue weighted by Crippen LogP contribution is -2.08. The van der Waals surface area contributed by atoms with E-state index in [0.29, 0.717) is 5.92 Å². The molecule has 0 aliphatic heterocycles. The van der Waals surface area contributed by atoms with E-state index in [1.165, 1.54) is 6.42 Å². The van der Waals surface area contributed by atoms with Crippen LogP contribution in [0.3, 0.4) is 0 Å². The molecular weight excluding hydrogens is 218 g/mol. The fourth-order valence-electron chi connectivity index (χ4n) is 2.11. The van der Waals surface area contributed by atoms with Crippen LogP contribution in [0.1, 0.15) is 36.6 Å². The summed E-state index contributed by atoms with van der Waals surface area (Å²) in [4.78, 5) is 15.1. The lowest BCUT2D eigenvalue weighted by Gasteiger charge is -2.21. The molecule has 4 nitrogen and oxygen atoms in total. The molecule has 0 saturated heterocycles. The maximum atomic E-state index is 10.6. The summed E-state index contributed by atoms with van der Waals surface area (Å²) in [5, 5.41) is 8.74. The average Bonchev–Trinajstić information content (AvgIpc) is 2.56. The fourth-order valence-corrected chi connectivity index (χ4v) is 2.11. The van der Waals surface area contributed by atoms with Crippen molar-refractivity contribution in [2.75, 3.05) is 0 Å². The van der Waals surface area contributed by atoms with Gasteiger partial charge in [-0.1, -0.05) is 12.5 Å². The predicted octanol–water partition coefficient (Wildman–Crippen LogP) is 2.72. The second-order valence-electron chi connectivity index (χ2n) is 4.55. The summed E-state index contributed by atoms with van der Waals surface area (Å²) in [6.07, 6.45) is 3.57. The van der Waals surface area contributed by atoms with Crippen molar-refractivity contribution < 1.29 is 14.3 Å². The first kappa shape index (κ1) is 10.3. The van der Waals surface area contributed by atoms with E-state index < -0.39 is 5.97 Å². The molecule has 0 bridgehead atoms. The second-order valence-corrected chi connectivity index (χ2v) is 4.55. The Morgan fingerprint density at radius 3 is 2.94 bits per heavy atom. The summed E-state index contributed by atoms with van der Waals surface area (Å²) in [6.45, 7) is 0. The summed E-state index contributed by atoms with van der Waals surface area (Å²) in [5.41, 5.74) is 2.28. The minimum absolute atomic E-state index is 0.0293. The third-order valence-corrected chi connectivity index (χ3v) is 3.28. The molecule has 1 aromatic carbocycles. The minimum Gasteiger partial charge on any atom is -0.481 e. The Morgan fingerprint density at radius 1 is 1.47 bits per heavy atom. The van der Waals surface area contributed by atoms with Crippen LogP contribution < -0.4 is 0 Å². The zero-order valence-electron chi connectivity index (χ0n) is 9.35. The largest absolute Gasteiger partial charge is 0.481 e. The monoisotopic (exact) mass is 231 g/mol. The number of nitrogens with zero attached hydrogens (tertiary/aromatic N) is 1. The van der Waals surface area contributed by atoms with E-state index in [4.69, 9.17) is 9.52 Å². The molecule has 1 N–H and O–H groups in total. The first-order valence-electron chi connectivity index (χ1n) is 5.83. The Labute approximate surface area is 98.3 Å². The predicted molar refractivity (Wildman–Crippen MR) is 61.9 cm³/mol. The van der Waals surface area contributed by atoms with Crippen LogP contribution in [0.5, 0.6) is 0 Å². The number of aromatic nitrogens is 1. The summed E-state index contributed by atoms with van der Waals surface area (Å²) in [7, 11) is 0. The number of carboxylic acid groups (broad SMARTS) is 1. The molecule has 1 saturated carbocycles. The third-order valence-electron chi connectivity index (χ3n) is 3.28. The van der Waals surface area contributed by atoms with Crippen LogP contribution in [-0.2, 0) is 11.2 Å². The van der Waals surface area contributed by atoms with Gasteiger partial charge in [0.1, 0.15) is 5.52 Å². The average molecular weight is 231 g/mol. The molecule has 1 aromatic heterocycles. The molecule has 88 valence electrons. The van der Waals surface area contributed by atoms with Crippen molar-refractivity contribution in [3.63, 3.8) is 0 Å². The molecule has 0 unspecified atom stereocenters. The van der Waals surface area contributed by atoms with E-state index in [9.17, 15) is 4.79 Å². The van der Waals surface area contributed by atoms with Gasteiger partial charge in [-0.05, 0) is 30.5 Å². The van der Waals surface area contributed by atoms with Crippen LogP contribution in [0.15, 0.2) is 22.6 Å². The highest BCUT2D eigenvalue weighted by atomic mass is 16.4. The highest BCUT2D eigenvalue weighted by molar-refractivity contribution is 5.76. The number of hydrogen-bond donors (Lipinski definition) is 1. The quantitative estimate of drug-likeness (QED) is 0.882. The summed E-state index contributed by atoms with van der Waals surface area (Å²) in [5.74, 6) is 0.441. The van der Waals surface area contributed by atoms with E-state index in [-0.39, 0.29) is 6.42 Å². The molecule has 2 aromatic rings. The molecule has 1 heterocycles. The maximum absolute atomic E-state index is 10.6. The molecule has 1 fully saturated rings. The Balaban J connectivity index is 1.95. The number of carbonyl (C=O) groups is 1. The van der Waals surface area contributed by atoms with Gasteiger partial charge in [0.15, 0.2) is 11.5 Å². The van der Waals surface area contributed by atoms with Crippen molar-refractivity contribution in [2.45, 2.75) is 31.6 Å². The number of rotatable bonds is 3. The fraction of sp³-hybridized carbons (Fsp3) is 0.385. The molecule has 0 atom stereocenters. The molecule has 0 spiro atoms. The van der Waals surface area contributed by atoms with Gasteiger partial charge in [-0.15, -0.1) is 0 Å². The number of carboxylic acids is 1. The Kier molecular flexibility index (Phi) is 2.35. The van der Waals surface area contributed by atoms with E-state index in [2.05, 4.69) is 4.98 Å². The van der Waals surface area contributed by atoms with E-state index >= 15 is 0 Å². The highest BCUT2D eigenvalue weighted by Gasteiger charge is 2.24. The highest BCUT2D eigenvalue weighted by Crippen LogP contribution is 2.37. The number of oxazole rings is 1. The van der Waals surface area contributed by atoms with Crippen molar-refractivity contribution in [3.8, 4) is 0 Å². The van der Waals surface area contributed by atoms with E-state index in [1.807, 2.05) is 6.07 Å². The Hall–Kier alpha value is -1.84. The van der Waals surface area contributed by atoms with Crippen LogP contribution in [-0.4, -0.2) is 16.1 Å². The van der Waals surface area contributed by atoms with Gasteiger partial charge in [-0.2, -0.15) is 0 Å². The maximum Gasteiger partial charge on any atom is 0.307 e. The molecular formula is C13H13NO3. The SMILES string of the molecule is O=C(O)Cc1ccc2oc(C3CCC3)nc2c1. The first-order valence-corrected chi connectivity index (χ1v) is 5.83. The van der Waals surface area contributed by atoms with Crippen molar-refractivity contribution in [1.29, 1.82) is 0 Å². The van der Waals surface area contributed by atoms with Gasteiger partial charge < -0.3 is 9.52 Å². The zero-order valence-corrected chi connectivity index (χ0v) is 9.35. The van der Waals surface area contributed by atoms with Gasteiger partial charge in [0.05, 0.1) is 6.42 Å². The van der Waals surface area contributed by atoms with Gasteiger partial charge in [0, 0.05) is 5.92 Å². The van der Waals surface area contributed by atoms with Gasteiger partial charge in [0.25, 0.3) is 0 Å². The van der Waals surface area contributed by atoms with Gasteiger partial charge >= 0.3 is 5.97 Å². The van der Waals surface area contributed by atoms with E-state index in [0.717, 1.165) is 35.4 Å². The summed E-state index contributed by atoms with van der Waals surface area (Å²) >= 11 is 0. The van der Waals surface area contributed by atoms with Crippen molar-refractivity contribution in [1.82, 2.24) is 4.98 Å². The summed E-state index contributed by atoms with van der Waals surface area (Å²) < 4.78 is 5.67. The number of hydrogen-bond acceptors (Lipinski definition) is 3. The van der Waals surface area contributed by atoms with Crippen LogP contribution >= 0.6 is 0 Å². The van der Waals surface area contributed by atoms with Crippen molar-refractivity contribution in [2.24, 2.45) is 0 Å². The number of fused-ring (bicyclic) bond motifs is 1. The van der Waals surface area contributed by atoms with Crippen LogP contribution in [0.2, 0.25) is 0 Å². The molecule has 17 heavy (non-hydrogen) atoms. The molecule has 1 aliphatic rings. The summed E-state index contributed by atoms with van der Waals surface area (Å²) in [6, 6.07) is 5.39. The van der Waals surface area contributed by atoms with Gasteiger partial charge in [-0.25, -0.2) is 4.98 Å². The number of aliphatic carboxylic acids is 1. The lowest BCUT2D eigenvalue weighted by molar-refractivity contribution is -0.136. The van der Waals surface area contributed by atoms with Crippen LogP contribution in [0, 0.1) is 0 Å². The van der Waals surface area contributed by atoms with Gasteiger partial charge in [-0.3, -0.25) is 4.79 Å². The van der Waals surface area contributed by atoms with Crippen molar-refractivity contribution >= 4 is 17.1 Å². The standard InChI is InChI=1S/C13H13NO3/c15-12(16)7-8-4-5-11-10(6-8)14-13(17-11)9-2-1-3-9/h4-6,9H,1-3,7H2,(H,15,16). The Morgan fingerprint density at radius 2 is 2.29 bits per heavy atom. The van der Waals surface area contributed by atoms with Gasteiger partial charge in [0.2, 0.25) is 0 Å². The zero-order chi connectivity index (χ0) is 11.8. The Bertz CT molecular complexity index is 569. The lowest BCUT2D eigenvalue weighted by atomic mass is 9.85. The van der Waals surface area contributed by atoms with E-state index in [1.54, 1.807) is 12.1 Å². The molecule has 3 rings (SSSR count). The van der Waals surface area contributed by atoms with Crippen LogP contribution in [0.25, 0.3) is 11.1 Å². The topological polar surface area (TPSA) is 63.3 Å². The normalized spacial score (nSPS) is 16.0. The third kappa shape index (κ3) is 1.90.